The van der Waals surface area contributed by atoms with Gasteiger partial charge in [0.25, 0.3) is 0 Å². The van der Waals surface area contributed by atoms with Crippen LogP contribution in [0.2, 0.25) is 0 Å². The topological polar surface area (TPSA) is 49.8 Å². The summed E-state index contributed by atoms with van der Waals surface area (Å²) >= 11 is 0. The van der Waals surface area contributed by atoms with E-state index in [1.807, 2.05) is 24.3 Å². The van der Waals surface area contributed by atoms with Crippen LogP contribution in [0.25, 0.3) is 11.3 Å². The van der Waals surface area contributed by atoms with Gasteiger partial charge in [0.1, 0.15) is 5.82 Å². The summed E-state index contributed by atoms with van der Waals surface area (Å²) in [5, 5.41) is 6.60. The van der Waals surface area contributed by atoms with Crippen LogP contribution in [0.3, 0.4) is 0 Å². The summed E-state index contributed by atoms with van der Waals surface area (Å²) in [7, 11) is 0. The van der Waals surface area contributed by atoms with Gasteiger partial charge in [0.2, 0.25) is 5.95 Å². The van der Waals surface area contributed by atoms with E-state index in [0.29, 0.717) is 12.0 Å². The Kier molecular flexibility index (Phi) is 4.93. The van der Waals surface area contributed by atoms with E-state index in [-0.39, 0.29) is 0 Å². The second-order valence-corrected chi connectivity index (χ2v) is 5.05. The number of anilines is 2. The Morgan fingerprint density at radius 1 is 1.10 bits per heavy atom. The number of rotatable bonds is 6. The number of hydrogen-bond donors (Lipinski definition) is 2. The van der Waals surface area contributed by atoms with Gasteiger partial charge in [-0.25, -0.2) is 4.98 Å². The monoisotopic (exact) mass is 270 g/mol. The molecule has 2 rings (SSSR count). The van der Waals surface area contributed by atoms with Crippen molar-refractivity contribution < 1.29 is 0 Å². The van der Waals surface area contributed by atoms with E-state index in [0.717, 1.165) is 30.0 Å². The van der Waals surface area contributed by atoms with Crippen LogP contribution < -0.4 is 10.6 Å². The quantitative estimate of drug-likeness (QED) is 0.838. The SMILES string of the molecule is CCCNc1cc(-c2ccccc2)nc(NC(C)C)n1. The molecule has 0 bridgehead atoms. The van der Waals surface area contributed by atoms with Crippen molar-refractivity contribution in [1.29, 1.82) is 0 Å². The predicted octanol–water partition coefficient (Wildman–Crippen LogP) is 3.79. The molecular formula is C16H22N4. The molecule has 0 atom stereocenters. The Bertz CT molecular complexity index is 537. The van der Waals surface area contributed by atoms with Gasteiger partial charge in [0.15, 0.2) is 0 Å². The second kappa shape index (κ2) is 6.89. The lowest BCUT2D eigenvalue weighted by Crippen LogP contribution is -2.14. The molecule has 1 heterocycles. The molecule has 106 valence electrons. The molecule has 0 amide bonds. The highest BCUT2D eigenvalue weighted by Gasteiger charge is 2.07. The van der Waals surface area contributed by atoms with Gasteiger partial charge in [-0.05, 0) is 20.3 Å². The summed E-state index contributed by atoms with van der Waals surface area (Å²) < 4.78 is 0. The minimum Gasteiger partial charge on any atom is -0.370 e. The maximum absolute atomic E-state index is 4.59. The number of hydrogen-bond acceptors (Lipinski definition) is 4. The van der Waals surface area contributed by atoms with Gasteiger partial charge >= 0.3 is 0 Å². The standard InChI is InChI=1S/C16H22N4/c1-4-10-17-15-11-14(13-8-6-5-7-9-13)19-16(20-15)18-12(2)3/h5-9,11-12H,4,10H2,1-3H3,(H2,17,18,19,20). The fraction of sp³-hybridized carbons (Fsp3) is 0.375. The maximum Gasteiger partial charge on any atom is 0.225 e. The van der Waals surface area contributed by atoms with E-state index in [1.54, 1.807) is 0 Å². The molecule has 0 saturated carbocycles. The van der Waals surface area contributed by atoms with Crippen molar-refractivity contribution in [3.8, 4) is 11.3 Å². The van der Waals surface area contributed by atoms with E-state index in [9.17, 15) is 0 Å². The first kappa shape index (κ1) is 14.3. The lowest BCUT2D eigenvalue weighted by molar-refractivity contribution is 0.873. The van der Waals surface area contributed by atoms with Crippen LogP contribution in [-0.2, 0) is 0 Å². The summed E-state index contributed by atoms with van der Waals surface area (Å²) in [5.74, 6) is 1.53. The molecule has 4 heteroatoms. The van der Waals surface area contributed by atoms with Gasteiger partial charge in [0.05, 0.1) is 5.69 Å². The molecule has 0 fully saturated rings. The third-order valence-corrected chi connectivity index (χ3v) is 2.77. The smallest absolute Gasteiger partial charge is 0.225 e. The molecule has 2 N–H and O–H groups in total. The molecule has 4 nitrogen and oxygen atoms in total. The van der Waals surface area contributed by atoms with Crippen LogP contribution in [0.5, 0.6) is 0 Å². The maximum atomic E-state index is 4.59. The van der Waals surface area contributed by atoms with Crippen molar-refractivity contribution >= 4 is 11.8 Å². The molecular weight excluding hydrogens is 248 g/mol. The molecule has 0 spiro atoms. The Morgan fingerprint density at radius 3 is 2.50 bits per heavy atom. The van der Waals surface area contributed by atoms with Gasteiger partial charge in [-0.15, -0.1) is 0 Å². The lowest BCUT2D eigenvalue weighted by atomic mass is 10.1. The fourth-order valence-corrected chi connectivity index (χ4v) is 1.87. The summed E-state index contributed by atoms with van der Waals surface area (Å²) in [6, 6.07) is 12.5. The van der Waals surface area contributed by atoms with Crippen LogP contribution in [0.4, 0.5) is 11.8 Å². The van der Waals surface area contributed by atoms with Crippen molar-refractivity contribution in [2.24, 2.45) is 0 Å². The highest BCUT2D eigenvalue weighted by molar-refractivity contribution is 5.64. The van der Waals surface area contributed by atoms with Gasteiger partial charge < -0.3 is 10.6 Å². The zero-order valence-electron chi connectivity index (χ0n) is 12.4. The van der Waals surface area contributed by atoms with Crippen molar-refractivity contribution in [3.05, 3.63) is 36.4 Å². The van der Waals surface area contributed by atoms with Gasteiger partial charge in [-0.1, -0.05) is 37.3 Å². The zero-order chi connectivity index (χ0) is 14.4. The van der Waals surface area contributed by atoms with Crippen molar-refractivity contribution in [1.82, 2.24) is 9.97 Å². The van der Waals surface area contributed by atoms with Crippen LogP contribution >= 0.6 is 0 Å². The van der Waals surface area contributed by atoms with E-state index in [1.165, 1.54) is 0 Å². The van der Waals surface area contributed by atoms with E-state index in [4.69, 9.17) is 0 Å². The van der Waals surface area contributed by atoms with Crippen LogP contribution in [-0.4, -0.2) is 22.6 Å². The highest BCUT2D eigenvalue weighted by atomic mass is 15.1. The Balaban J connectivity index is 2.34. The zero-order valence-corrected chi connectivity index (χ0v) is 12.4. The molecule has 0 saturated heterocycles. The van der Waals surface area contributed by atoms with E-state index in [2.05, 4.69) is 53.5 Å². The van der Waals surface area contributed by atoms with Crippen LogP contribution in [0.15, 0.2) is 36.4 Å². The second-order valence-electron chi connectivity index (χ2n) is 5.05. The van der Waals surface area contributed by atoms with E-state index >= 15 is 0 Å². The Labute approximate surface area is 120 Å². The third-order valence-electron chi connectivity index (χ3n) is 2.77. The summed E-state index contributed by atoms with van der Waals surface area (Å²) in [6.45, 7) is 7.21. The number of aromatic nitrogens is 2. The van der Waals surface area contributed by atoms with Crippen molar-refractivity contribution in [3.63, 3.8) is 0 Å². The molecule has 0 radical (unpaired) electrons. The average Bonchev–Trinajstić information content (AvgIpc) is 2.45. The average molecular weight is 270 g/mol. The molecule has 20 heavy (non-hydrogen) atoms. The summed E-state index contributed by atoms with van der Waals surface area (Å²) in [6.07, 6.45) is 1.07. The van der Waals surface area contributed by atoms with Crippen molar-refractivity contribution in [2.75, 3.05) is 17.2 Å². The van der Waals surface area contributed by atoms with Crippen LogP contribution in [0, 0.1) is 0 Å². The molecule has 0 unspecified atom stereocenters. The number of nitrogens with zero attached hydrogens (tertiary/aromatic N) is 2. The molecule has 0 aliphatic rings. The fourth-order valence-electron chi connectivity index (χ4n) is 1.87. The predicted molar refractivity (Wildman–Crippen MR) is 85.0 cm³/mol. The minimum absolute atomic E-state index is 0.306. The largest absolute Gasteiger partial charge is 0.370 e. The summed E-state index contributed by atoms with van der Waals surface area (Å²) in [5.41, 5.74) is 2.03. The Hall–Kier alpha value is -2.10. The highest BCUT2D eigenvalue weighted by Crippen LogP contribution is 2.21. The Morgan fingerprint density at radius 2 is 1.85 bits per heavy atom. The van der Waals surface area contributed by atoms with E-state index < -0.39 is 0 Å². The van der Waals surface area contributed by atoms with Gasteiger partial charge in [-0.3, -0.25) is 0 Å². The lowest BCUT2D eigenvalue weighted by Gasteiger charge is -2.12. The van der Waals surface area contributed by atoms with Crippen molar-refractivity contribution in [2.45, 2.75) is 33.2 Å². The molecule has 1 aromatic heterocycles. The normalized spacial score (nSPS) is 10.6. The third kappa shape index (κ3) is 3.95. The van der Waals surface area contributed by atoms with Crippen LogP contribution in [0.1, 0.15) is 27.2 Å². The van der Waals surface area contributed by atoms with Gasteiger partial charge in [0, 0.05) is 24.2 Å². The first-order valence-electron chi connectivity index (χ1n) is 7.14. The molecule has 0 aliphatic heterocycles. The number of nitrogens with one attached hydrogen (secondary N) is 2. The number of benzene rings is 1. The molecule has 0 aliphatic carbocycles. The molecule has 2 aromatic rings. The first-order chi connectivity index (χ1) is 9.69. The first-order valence-corrected chi connectivity index (χ1v) is 7.14. The van der Waals surface area contributed by atoms with Gasteiger partial charge in [-0.2, -0.15) is 4.98 Å². The molecule has 1 aromatic carbocycles. The summed E-state index contributed by atoms with van der Waals surface area (Å²) in [4.78, 5) is 9.09. The minimum atomic E-state index is 0.306.